The Morgan fingerprint density at radius 1 is 1.37 bits per heavy atom. The molecule has 0 saturated carbocycles. The second-order valence-electron chi connectivity index (χ2n) is 4.40. The van der Waals surface area contributed by atoms with E-state index in [1.54, 1.807) is 22.5 Å². The largest absolute Gasteiger partial charge is 0.418 e. The number of hydrogen-bond donors (Lipinski definition) is 1. The molecular formula is C12H14F3N3O. The standard InChI is InChI=1S/C12H14F3N3O/c1-17-7-9(6-16-17)2-4-18-5-3-10(8-18)11(19)12(13,14)15/h3,5-8,11,19H,2,4H2,1H3. The van der Waals surface area contributed by atoms with Crippen molar-refractivity contribution in [1.29, 1.82) is 0 Å². The maximum Gasteiger partial charge on any atom is 0.418 e. The van der Waals surface area contributed by atoms with Crippen LogP contribution in [0.3, 0.4) is 0 Å². The van der Waals surface area contributed by atoms with Crippen LogP contribution in [0.25, 0.3) is 0 Å². The van der Waals surface area contributed by atoms with Gasteiger partial charge in [0.2, 0.25) is 0 Å². The van der Waals surface area contributed by atoms with Gasteiger partial charge in [-0.2, -0.15) is 18.3 Å². The van der Waals surface area contributed by atoms with Crippen LogP contribution >= 0.6 is 0 Å². The number of rotatable bonds is 4. The fourth-order valence-corrected chi connectivity index (χ4v) is 1.81. The highest BCUT2D eigenvalue weighted by Gasteiger charge is 2.39. The van der Waals surface area contributed by atoms with E-state index < -0.39 is 12.3 Å². The molecule has 104 valence electrons. The topological polar surface area (TPSA) is 43.0 Å². The van der Waals surface area contributed by atoms with Crippen molar-refractivity contribution in [2.45, 2.75) is 25.2 Å². The summed E-state index contributed by atoms with van der Waals surface area (Å²) in [7, 11) is 1.80. The number of hydrogen-bond acceptors (Lipinski definition) is 2. The average Bonchev–Trinajstić information content (AvgIpc) is 2.93. The highest BCUT2D eigenvalue weighted by Crippen LogP contribution is 2.32. The molecular weight excluding hydrogens is 259 g/mol. The maximum absolute atomic E-state index is 12.3. The summed E-state index contributed by atoms with van der Waals surface area (Å²) in [5.41, 5.74) is 0.868. The van der Waals surface area contributed by atoms with E-state index in [-0.39, 0.29) is 5.56 Å². The van der Waals surface area contributed by atoms with Crippen molar-refractivity contribution in [1.82, 2.24) is 14.3 Å². The molecule has 2 aromatic heterocycles. The summed E-state index contributed by atoms with van der Waals surface area (Å²) >= 11 is 0. The molecule has 2 aromatic rings. The molecule has 19 heavy (non-hydrogen) atoms. The second-order valence-corrected chi connectivity index (χ2v) is 4.40. The first-order valence-corrected chi connectivity index (χ1v) is 5.74. The summed E-state index contributed by atoms with van der Waals surface area (Å²) in [6.45, 7) is 0.538. The summed E-state index contributed by atoms with van der Waals surface area (Å²) in [6, 6.07) is 1.28. The number of aryl methyl sites for hydroxylation is 3. The molecule has 0 aromatic carbocycles. The third-order valence-electron chi connectivity index (χ3n) is 2.82. The molecule has 2 heterocycles. The number of alkyl halides is 3. The Bertz CT molecular complexity index is 544. The number of halogens is 3. The van der Waals surface area contributed by atoms with Gasteiger partial charge in [0.15, 0.2) is 6.10 Å². The van der Waals surface area contributed by atoms with Crippen molar-refractivity contribution in [3.05, 3.63) is 42.0 Å². The van der Waals surface area contributed by atoms with Gasteiger partial charge in [-0.25, -0.2) is 0 Å². The van der Waals surface area contributed by atoms with Crippen LogP contribution in [0.5, 0.6) is 0 Å². The molecule has 0 aliphatic carbocycles. The van der Waals surface area contributed by atoms with Gasteiger partial charge in [0, 0.05) is 37.7 Å². The third kappa shape index (κ3) is 3.37. The second kappa shape index (κ2) is 5.08. The average molecular weight is 273 g/mol. The Balaban J connectivity index is 1.98. The number of nitrogens with zero attached hydrogens (tertiary/aromatic N) is 3. The van der Waals surface area contributed by atoms with E-state index in [4.69, 9.17) is 5.11 Å². The van der Waals surface area contributed by atoms with Crippen LogP contribution in [0.4, 0.5) is 13.2 Å². The summed E-state index contributed by atoms with van der Waals surface area (Å²) in [5, 5.41) is 13.1. The lowest BCUT2D eigenvalue weighted by Gasteiger charge is -2.12. The first-order valence-electron chi connectivity index (χ1n) is 5.74. The molecule has 0 fully saturated rings. The van der Waals surface area contributed by atoms with Crippen LogP contribution in [0.2, 0.25) is 0 Å². The molecule has 0 saturated heterocycles. The van der Waals surface area contributed by atoms with Crippen molar-refractivity contribution in [2.75, 3.05) is 0 Å². The van der Waals surface area contributed by atoms with Crippen LogP contribution < -0.4 is 0 Å². The van der Waals surface area contributed by atoms with E-state index in [2.05, 4.69) is 5.10 Å². The van der Waals surface area contributed by atoms with Crippen LogP contribution in [0.15, 0.2) is 30.9 Å². The van der Waals surface area contributed by atoms with E-state index in [0.717, 1.165) is 5.56 Å². The summed E-state index contributed by atoms with van der Waals surface area (Å²) in [4.78, 5) is 0. The van der Waals surface area contributed by atoms with E-state index >= 15 is 0 Å². The zero-order valence-electron chi connectivity index (χ0n) is 10.3. The Morgan fingerprint density at radius 2 is 2.11 bits per heavy atom. The van der Waals surface area contributed by atoms with Gasteiger partial charge in [-0.1, -0.05) is 0 Å². The normalized spacial score (nSPS) is 13.7. The van der Waals surface area contributed by atoms with Crippen molar-refractivity contribution >= 4 is 0 Å². The van der Waals surface area contributed by atoms with Crippen molar-refractivity contribution in [3.8, 4) is 0 Å². The molecule has 0 radical (unpaired) electrons. The molecule has 2 rings (SSSR count). The summed E-state index contributed by atoms with van der Waals surface area (Å²) in [5.74, 6) is 0. The molecule has 0 spiro atoms. The molecule has 4 nitrogen and oxygen atoms in total. The van der Waals surface area contributed by atoms with Gasteiger partial charge in [-0.05, 0) is 18.1 Å². The fourth-order valence-electron chi connectivity index (χ4n) is 1.81. The number of aromatic nitrogens is 3. The van der Waals surface area contributed by atoms with Gasteiger partial charge in [0.25, 0.3) is 0 Å². The lowest BCUT2D eigenvalue weighted by molar-refractivity contribution is -0.206. The Labute approximate surface area is 108 Å². The predicted molar refractivity (Wildman–Crippen MR) is 62.4 cm³/mol. The van der Waals surface area contributed by atoms with Crippen molar-refractivity contribution < 1.29 is 18.3 Å². The van der Waals surface area contributed by atoms with Gasteiger partial charge in [-0.15, -0.1) is 0 Å². The SMILES string of the molecule is Cn1cc(CCn2ccc(C(O)C(F)(F)F)c2)cn1. The first kappa shape index (κ1) is 13.7. The Hall–Kier alpha value is -1.76. The van der Waals surface area contributed by atoms with Gasteiger partial charge in [-0.3, -0.25) is 4.68 Å². The van der Waals surface area contributed by atoms with Crippen LogP contribution in [0, 0.1) is 0 Å². The first-order chi connectivity index (χ1) is 8.86. The van der Waals surface area contributed by atoms with E-state index in [1.807, 2.05) is 6.20 Å². The van der Waals surface area contributed by atoms with Crippen molar-refractivity contribution in [3.63, 3.8) is 0 Å². The molecule has 0 bridgehead atoms. The lowest BCUT2D eigenvalue weighted by atomic mass is 10.2. The number of aliphatic hydroxyl groups excluding tert-OH is 1. The maximum atomic E-state index is 12.3. The van der Waals surface area contributed by atoms with Crippen LogP contribution in [0.1, 0.15) is 17.2 Å². The minimum absolute atomic E-state index is 0.140. The minimum atomic E-state index is -4.63. The Morgan fingerprint density at radius 3 is 2.68 bits per heavy atom. The highest BCUT2D eigenvalue weighted by molar-refractivity contribution is 5.15. The molecule has 0 aliphatic heterocycles. The zero-order valence-corrected chi connectivity index (χ0v) is 10.3. The summed E-state index contributed by atoms with van der Waals surface area (Å²) < 4.78 is 40.3. The molecule has 0 amide bonds. The Kier molecular flexibility index (Phi) is 3.66. The van der Waals surface area contributed by atoms with Crippen LogP contribution in [-0.4, -0.2) is 25.6 Å². The van der Waals surface area contributed by atoms with E-state index in [1.165, 1.54) is 18.5 Å². The van der Waals surface area contributed by atoms with Gasteiger partial charge in [0.05, 0.1) is 6.20 Å². The van der Waals surface area contributed by atoms with Crippen LogP contribution in [-0.2, 0) is 20.0 Å². The molecule has 1 atom stereocenters. The summed E-state index contributed by atoms with van der Waals surface area (Å²) in [6.07, 6.45) is 0.0331. The van der Waals surface area contributed by atoms with E-state index in [0.29, 0.717) is 13.0 Å². The quantitative estimate of drug-likeness (QED) is 0.926. The van der Waals surface area contributed by atoms with Gasteiger partial charge < -0.3 is 9.67 Å². The fraction of sp³-hybridized carbons (Fsp3) is 0.417. The monoisotopic (exact) mass is 273 g/mol. The third-order valence-corrected chi connectivity index (χ3v) is 2.82. The molecule has 1 N–H and O–H groups in total. The highest BCUT2D eigenvalue weighted by atomic mass is 19.4. The predicted octanol–water partition coefficient (Wildman–Crippen LogP) is 2.06. The van der Waals surface area contributed by atoms with E-state index in [9.17, 15) is 13.2 Å². The molecule has 0 aliphatic rings. The number of aliphatic hydroxyl groups is 1. The molecule has 7 heteroatoms. The zero-order chi connectivity index (χ0) is 14.0. The van der Waals surface area contributed by atoms with Gasteiger partial charge in [0.1, 0.15) is 0 Å². The molecule has 1 unspecified atom stereocenters. The smallest absolute Gasteiger partial charge is 0.379 e. The minimum Gasteiger partial charge on any atom is -0.379 e. The van der Waals surface area contributed by atoms with Crippen molar-refractivity contribution in [2.24, 2.45) is 7.05 Å². The van der Waals surface area contributed by atoms with Gasteiger partial charge >= 0.3 is 6.18 Å². The lowest BCUT2D eigenvalue weighted by Crippen LogP contribution is -2.19.